The van der Waals surface area contributed by atoms with E-state index in [0.717, 1.165) is 0 Å². The molecule has 0 saturated carbocycles. The predicted molar refractivity (Wildman–Crippen MR) is 69.8 cm³/mol. The van der Waals surface area contributed by atoms with E-state index in [4.69, 9.17) is 5.26 Å². The molecule has 0 spiro atoms. The minimum absolute atomic E-state index is 0.183. The number of carboxylic acid groups (broad SMARTS) is 1. The zero-order valence-electron chi connectivity index (χ0n) is 11.2. The number of piperidine rings is 1. The number of aliphatic carboxylic acids is 1. The lowest BCUT2D eigenvalue weighted by atomic mass is 9.82. The third-order valence-electron chi connectivity index (χ3n) is 3.61. The number of rotatable bonds is 2. The summed E-state index contributed by atoms with van der Waals surface area (Å²) in [5, 5.41) is 17.9. The average Bonchev–Trinajstić information content (AvgIpc) is 2.46. The van der Waals surface area contributed by atoms with Crippen molar-refractivity contribution in [1.29, 1.82) is 5.26 Å². The molecule has 2 heterocycles. The molecule has 1 unspecified atom stereocenters. The molecule has 0 aromatic carbocycles. The van der Waals surface area contributed by atoms with Crippen molar-refractivity contribution >= 4 is 11.9 Å². The van der Waals surface area contributed by atoms with Crippen LogP contribution in [0, 0.1) is 16.7 Å². The molecule has 1 saturated heterocycles. The quantitative estimate of drug-likeness (QED) is 0.875. The first-order valence-corrected chi connectivity index (χ1v) is 6.35. The molecule has 1 N–H and O–H groups in total. The Bertz CT molecular complexity index is 576. The van der Waals surface area contributed by atoms with Gasteiger partial charge in [0.05, 0.1) is 11.0 Å². The van der Waals surface area contributed by atoms with Gasteiger partial charge in [-0.15, -0.1) is 0 Å². The predicted octanol–water partition coefficient (Wildman–Crippen LogP) is 1.28. The molecule has 2 rings (SSSR count). The van der Waals surface area contributed by atoms with Crippen molar-refractivity contribution in [2.75, 3.05) is 13.1 Å². The molecule has 104 valence electrons. The van der Waals surface area contributed by atoms with Crippen LogP contribution in [0.15, 0.2) is 18.3 Å². The van der Waals surface area contributed by atoms with Crippen molar-refractivity contribution in [3.63, 3.8) is 0 Å². The van der Waals surface area contributed by atoms with E-state index in [2.05, 4.69) is 4.98 Å². The van der Waals surface area contributed by atoms with Crippen LogP contribution >= 0.6 is 0 Å². The van der Waals surface area contributed by atoms with Crippen LogP contribution in [0.4, 0.5) is 0 Å². The number of carbonyl (C=O) groups is 2. The van der Waals surface area contributed by atoms with E-state index in [9.17, 15) is 14.7 Å². The molecule has 1 aromatic heterocycles. The number of aromatic nitrogens is 1. The monoisotopic (exact) mass is 273 g/mol. The fraction of sp³-hybridized carbons (Fsp3) is 0.429. The Balaban J connectivity index is 2.16. The van der Waals surface area contributed by atoms with Gasteiger partial charge in [0.1, 0.15) is 11.8 Å². The largest absolute Gasteiger partial charge is 0.481 e. The summed E-state index contributed by atoms with van der Waals surface area (Å²) in [4.78, 5) is 29.0. The summed E-state index contributed by atoms with van der Waals surface area (Å²) in [6.07, 6.45) is 2.56. The molecule has 1 aliphatic heterocycles. The van der Waals surface area contributed by atoms with E-state index in [-0.39, 0.29) is 18.1 Å². The minimum Gasteiger partial charge on any atom is -0.481 e. The molecule has 6 heteroatoms. The molecule has 1 amide bonds. The first-order valence-electron chi connectivity index (χ1n) is 6.35. The molecule has 1 atom stereocenters. The molecular formula is C14H15N3O3. The van der Waals surface area contributed by atoms with Gasteiger partial charge in [-0.3, -0.25) is 9.59 Å². The van der Waals surface area contributed by atoms with Gasteiger partial charge in [-0.1, -0.05) is 0 Å². The van der Waals surface area contributed by atoms with Gasteiger partial charge in [-0.05, 0) is 31.9 Å². The zero-order chi connectivity index (χ0) is 14.8. The molecule has 0 bridgehead atoms. The second-order valence-electron chi connectivity index (χ2n) is 5.24. The van der Waals surface area contributed by atoms with Gasteiger partial charge >= 0.3 is 5.97 Å². The number of amides is 1. The highest BCUT2D eigenvalue weighted by atomic mass is 16.4. The maximum absolute atomic E-state index is 12.3. The zero-order valence-corrected chi connectivity index (χ0v) is 11.2. The molecule has 0 aliphatic carbocycles. The Kier molecular flexibility index (Phi) is 3.70. The summed E-state index contributed by atoms with van der Waals surface area (Å²) in [6, 6.07) is 4.96. The molecule has 20 heavy (non-hydrogen) atoms. The average molecular weight is 273 g/mol. The lowest BCUT2D eigenvalue weighted by Crippen LogP contribution is -2.48. The highest BCUT2D eigenvalue weighted by Gasteiger charge is 2.39. The molecule has 6 nitrogen and oxygen atoms in total. The number of hydrogen-bond acceptors (Lipinski definition) is 4. The van der Waals surface area contributed by atoms with E-state index >= 15 is 0 Å². The van der Waals surface area contributed by atoms with Crippen molar-refractivity contribution in [2.24, 2.45) is 5.41 Å². The Morgan fingerprint density at radius 2 is 2.25 bits per heavy atom. The Morgan fingerprint density at radius 1 is 1.50 bits per heavy atom. The van der Waals surface area contributed by atoms with Crippen LogP contribution < -0.4 is 0 Å². The van der Waals surface area contributed by atoms with Crippen LogP contribution in [0.3, 0.4) is 0 Å². The molecular weight excluding hydrogens is 258 g/mol. The van der Waals surface area contributed by atoms with Crippen LogP contribution in [0.5, 0.6) is 0 Å². The second-order valence-corrected chi connectivity index (χ2v) is 5.24. The van der Waals surface area contributed by atoms with E-state index in [1.54, 1.807) is 6.92 Å². The summed E-state index contributed by atoms with van der Waals surface area (Å²) >= 11 is 0. The van der Waals surface area contributed by atoms with Crippen LogP contribution in [0.2, 0.25) is 0 Å². The van der Waals surface area contributed by atoms with Crippen LogP contribution in [-0.4, -0.2) is 40.0 Å². The first kappa shape index (κ1) is 14.0. The summed E-state index contributed by atoms with van der Waals surface area (Å²) < 4.78 is 0. The number of nitrogens with zero attached hydrogens (tertiary/aromatic N) is 3. The van der Waals surface area contributed by atoms with Crippen molar-refractivity contribution in [2.45, 2.75) is 19.8 Å². The van der Waals surface area contributed by atoms with Crippen molar-refractivity contribution < 1.29 is 14.7 Å². The standard InChI is InChI=1S/C14H15N3O3/c1-14(13(19)20)5-2-6-17(9-14)12(18)11-4-3-10(7-15)8-16-11/h3-4,8H,2,5-6,9H2,1H3,(H,19,20). The fourth-order valence-corrected chi connectivity index (χ4v) is 2.34. The summed E-state index contributed by atoms with van der Waals surface area (Å²) in [6.45, 7) is 2.37. The van der Waals surface area contributed by atoms with Crippen LogP contribution in [0.1, 0.15) is 35.8 Å². The third kappa shape index (κ3) is 2.62. The molecule has 1 aromatic rings. The fourth-order valence-electron chi connectivity index (χ4n) is 2.34. The second kappa shape index (κ2) is 5.29. The number of carboxylic acids is 1. The smallest absolute Gasteiger partial charge is 0.311 e. The van der Waals surface area contributed by atoms with Crippen molar-refractivity contribution in [3.05, 3.63) is 29.6 Å². The maximum Gasteiger partial charge on any atom is 0.311 e. The van der Waals surface area contributed by atoms with E-state index in [1.807, 2.05) is 6.07 Å². The molecule has 1 fully saturated rings. The van der Waals surface area contributed by atoms with Gasteiger partial charge in [0, 0.05) is 19.3 Å². The van der Waals surface area contributed by atoms with Gasteiger partial charge in [-0.2, -0.15) is 5.26 Å². The van der Waals surface area contributed by atoms with Gasteiger partial charge in [0.15, 0.2) is 0 Å². The summed E-state index contributed by atoms with van der Waals surface area (Å²) in [5.41, 5.74) is -0.283. The number of nitriles is 1. The highest BCUT2D eigenvalue weighted by molar-refractivity contribution is 5.93. The van der Waals surface area contributed by atoms with Gasteiger partial charge in [0.25, 0.3) is 5.91 Å². The third-order valence-corrected chi connectivity index (χ3v) is 3.61. The van der Waals surface area contributed by atoms with Gasteiger partial charge in [0.2, 0.25) is 0 Å². The highest BCUT2D eigenvalue weighted by Crippen LogP contribution is 2.30. The lowest BCUT2D eigenvalue weighted by Gasteiger charge is -2.37. The number of hydrogen-bond donors (Lipinski definition) is 1. The van der Waals surface area contributed by atoms with E-state index in [1.165, 1.54) is 23.2 Å². The molecule has 1 aliphatic rings. The van der Waals surface area contributed by atoms with Crippen LogP contribution in [-0.2, 0) is 4.79 Å². The van der Waals surface area contributed by atoms with Crippen LogP contribution in [0.25, 0.3) is 0 Å². The minimum atomic E-state index is -0.902. The summed E-state index contributed by atoms with van der Waals surface area (Å²) in [5.74, 6) is -1.18. The van der Waals surface area contributed by atoms with Crippen molar-refractivity contribution in [3.8, 4) is 6.07 Å². The summed E-state index contributed by atoms with van der Waals surface area (Å²) in [7, 11) is 0. The SMILES string of the molecule is CC1(C(=O)O)CCCN(C(=O)c2ccc(C#N)cn2)C1. The van der Waals surface area contributed by atoms with Gasteiger partial charge in [-0.25, -0.2) is 4.98 Å². The topological polar surface area (TPSA) is 94.3 Å². The van der Waals surface area contributed by atoms with E-state index < -0.39 is 11.4 Å². The van der Waals surface area contributed by atoms with Crippen molar-refractivity contribution in [1.82, 2.24) is 9.88 Å². The lowest BCUT2D eigenvalue weighted by molar-refractivity contribution is -0.150. The number of likely N-dealkylation sites (tertiary alicyclic amines) is 1. The Hall–Kier alpha value is -2.42. The van der Waals surface area contributed by atoms with E-state index in [0.29, 0.717) is 24.9 Å². The Morgan fingerprint density at radius 3 is 2.80 bits per heavy atom. The number of pyridine rings is 1. The normalized spacial score (nSPS) is 22.1. The number of carbonyl (C=O) groups excluding carboxylic acids is 1. The maximum atomic E-state index is 12.3. The van der Waals surface area contributed by atoms with Gasteiger partial charge < -0.3 is 10.0 Å². The Labute approximate surface area is 116 Å². The first-order chi connectivity index (χ1) is 9.46. The molecule has 0 radical (unpaired) electrons.